The number of ether oxygens (including phenoxy) is 1. The molecule has 1 aromatic heterocycles. The lowest BCUT2D eigenvalue weighted by Crippen LogP contribution is -2.18. The second-order valence-corrected chi connectivity index (χ2v) is 7.57. The van der Waals surface area contributed by atoms with Crippen LogP contribution in [-0.4, -0.2) is 30.7 Å². The number of sulfonamides is 1. The van der Waals surface area contributed by atoms with E-state index in [4.69, 9.17) is 5.14 Å². The van der Waals surface area contributed by atoms with E-state index in [0.29, 0.717) is 0 Å². The van der Waals surface area contributed by atoms with Gasteiger partial charge in [-0.2, -0.15) is 13.9 Å². The van der Waals surface area contributed by atoms with E-state index in [-0.39, 0.29) is 29.1 Å². The van der Waals surface area contributed by atoms with Gasteiger partial charge in [-0.3, -0.25) is 4.79 Å². The zero-order valence-electron chi connectivity index (χ0n) is 15.1. The van der Waals surface area contributed by atoms with Crippen LogP contribution in [0.4, 0.5) is 18.9 Å². The number of nitrogens with two attached hydrogens (primary N) is 1. The molecule has 2 aromatic carbocycles. The first-order chi connectivity index (χ1) is 14.1. The standard InChI is InChI=1S/C18H15F3N4O4S/c19-12-9-23-25(10-12)14-6-5-13(8-16(14)30(22,27)28)24-17(26)7-11-3-1-2-4-15(11)29-18(20)21/h1-6,8-10,18H,7H2,(H,24,26)(H2,22,27,28). The molecule has 0 aliphatic rings. The van der Waals surface area contributed by atoms with E-state index in [1.165, 1.54) is 30.3 Å². The van der Waals surface area contributed by atoms with Crippen LogP contribution in [0.1, 0.15) is 5.56 Å². The Balaban J connectivity index is 1.85. The second kappa shape index (κ2) is 8.55. The smallest absolute Gasteiger partial charge is 0.387 e. The Morgan fingerprint density at radius 2 is 1.97 bits per heavy atom. The minimum atomic E-state index is -4.25. The number of alkyl halides is 2. The summed E-state index contributed by atoms with van der Waals surface area (Å²) in [7, 11) is -4.25. The maximum Gasteiger partial charge on any atom is 0.387 e. The van der Waals surface area contributed by atoms with Crippen LogP contribution in [0.5, 0.6) is 5.75 Å². The average molecular weight is 440 g/mol. The van der Waals surface area contributed by atoms with Crippen molar-refractivity contribution < 1.29 is 31.1 Å². The molecule has 0 radical (unpaired) electrons. The Hall–Kier alpha value is -3.38. The number of anilines is 1. The van der Waals surface area contributed by atoms with Gasteiger partial charge in [0.2, 0.25) is 15.9 Å². The van der Waals surface area contributed by atoms with Gasteiger partial charge < -0.3 is 10.1 Å². The predicted octanol–water partition coefficient (Wildman–Crippen LogP) is 2.44. The van der Waals surface area contributed by atoms with Crippen molar-refractivity contribution in [3.63, 3.8) is 0 Å². The topological polar surface area (TPSA) is 116 Å². The summed E-state index contributed by atoms with van der Waals surface area (Å²) in [5, 5.41) is 11.4. The molecule has 3 rings (SSSR count). The fraction of sp³-hybridized carbons (Fsp3) is 0.111. The number of carbonyl (C=O) groups excluding carboxylic acids is 1. The van der Waals surface area contributed by atoms with Crippen molar-refractivity contribution in [1.29, 1.82) is 0 Å². The van der Waals surface area contributed by atoms with Gasteiger partial charge in [-0.05, 0) is 24.3 Å². The van der Waals surface area contributed by atoms with Crippen LogP contribution in [0.15, 0.2) is 59.8 Å². The molecule has 1 heterocycles. The molecule has 0 bridgehead atoms. The van der Waals surface area contributed by atoms with E-state index < -0.39 is 33.3 Å². The van der Waals surface area contributed by atoms with Crippen LogP contribution in [0.2, 0.25) is 0 Å². The summed E-state index contributed by atoms with van der Waals surface area (Å²) >= 11 is 0. The number of primary sulfonamides is 1. The summed E-state index contributed by atoms with van der Waals surface area (Å²) in [6.07, 6.45) is 1.55. The molecule has 0 fully saturated rings. The number of benzene rings is 2. The SMILES string of the molecule is NS(=O)(=O)c1cc(NC(=O)Cc2ccccc2OC(F)F)ccc1-n1cc(F)cn1. The first-order valence-corrected chi connectivity index (χ1v) is 9.88. The molecule has 0 aliphatic carbocycles. The molecule has 0 saturated carbocycles. The summed E-state index contributed by atoms with van der Waals surface area (Å²) in [5.74, 6) is -1.44. The van der Waals surface area contributed by atoms with Gasteiger partial charge >= 0.3 is 6.61 Å². The lowest BCUT2D eigenvalue weighted by molar-refractivity contribution is -0.115. The van der Waals surface area contributed by atoms with Gasteiger partial charge in [0.1, 0.15) is 10.6 Å². The van der Waals surface area contributed by atoms with Crippen molar-refractivity contribution in [3.8, 4) is 11.4 Å². The third kappa shape index (κ3) is 5.15. The molecule has 12 heteroatoms. The summed E-state index contributed by atoms with van der Waals surface area (Å²) in [6.45, 7) is -3.05. The number of rotatable bonds is 7. The molecule has 3 aromatic rings. The molecule has 0 spiro atoms. The van der Waals surface area contributed by atoms with Crippen LogP contribution in [0.3, 0.4) is 0 Å². The molecular formula is C18H15F3N4O4S. The molecule has 1 amide bonds. The molecule has 3 N–H and O–H groups in total. The van der Waals surface area contributed by atoms with Crippen molar-refractivity contribution in [1.82, 2.24) is 9.78 Å². The maximum atomic E-state index is 13.2. The Kier molecular flexibility index (Phi) is 6.08. The first kappa shape index (κ1) is 21.3. The van der Waals surface area contributed by atoms with Gasteiger partial charge in [0.25, 0.3) is 0 Å². The highest BCUT2D eigenvalue weighted by Gasteiger charge is 2.19. The lowest BCUT2D eigenvalue weighted by Gasteiger charge is -2.13. The van der Waals surface area contributed by atoms with Gasteiger partial charge in [0.15, 0.2) is 5.82 Å². The Morgan fingerprint density at radius 1 is 1.23 bits per heavy atom. The van der Waals surface area contributed by atoms with Crippen LogP contribution < -0.4 is 15.2 Å². The molecule has 8 nitrogen and oxygen atoms in total. The van der Waals surface area contributed by atoms with Gasteiger partial charge in [-0.15, -0.1) is 0 Å². The van der Waals surface area contributed by atoms with Crippen LogP contribution in [-0.2, 0) is 21.2 Å². The molecular weight excluding hydrogens is 425 g/mol. The predicted molar refractivity (Wildman–Crippen MR) is 100 cm³/mol. The van der Waals surface area contributed by atoms with E-state index in [1.807, 2.05) is 0 Å². The van der Waals surface area contributed by atoms with Gasteiger partial charge in [-0.25, -0.2) is 22.6 Å². The first-order valence-electron chi connectivity index (χ1n) is 8.33. The normalized spacial score (nSPS) is 11.5. The third-order valence-electron chi connectivity index (χ3n) is 3.89. The summed E-state index contributed by atoms with van der Waals surface area (Å²) in [4.78, 5) is 11.9. The van der Waals surface area contributed by atoms with Crippen molar-refractivity contribution in [2.24, 2.45) is 5.14 Å². The van der Waals surface area contributed by atoms with E-state index in [1.54, 1.807) is 6.07 Å². The summed E-state index contributed by atoms with van der Waals surface area (Å²) < 4.78 is 67.5. The summed E-state index contributed by atoms with van der Waals surface area (Å²) in [6, 6.07) is 9.52. The molecule has 0 aliphatic heterocycles. The number of para-hydroxylation sites is 1. The van der Waals surface area contributed by atoms with Crippen molar-refractivity contribution in [2.45, 2.75) is 17.9 Å². The van der Waals surface area contributed by atoms with Gasteiger partial charge in [-0.1, -0.05) is 18.2 Å². The Bertz CT molecular complexity index is 1180. The zero-order chi connectivity index (χ0) is 21.9. The zero-order valence-corrected chi connectivity index (χ0v) is 15.9. The molecule has 0 unspecified atom stereocenters. The number of hydrogen-bond acceptors (Lipinski definition) is 5. The summed E-state index contributed by atoms with van der Waals surface area (Å²) in [5.41, 5.74) is 0.272. The van der Waals surface area contributed by atoms with Crippen LogP contribution in [0.25, 0.3) is 5.69 Å². The minimum Gasteiger partial charge on any atom is -0.435 e. The maximum absolute atomic E-state index is 13.2. The fourth-order valence-corrected chi connectivity index (χ4v) is 3.42. The molecule has 30 heavy (non-hydrogen) atoms. The van der Waals surface area contributed by atoms with E-state index in [2.05, 4.69) is 15.2 Å². The van der Waals surface area contributed by atoms with Crippen molar-refractivity contribution >= 4 is 21.6 Å². The Morgan fingerprint density at radius 3 is 2.60 bits per heavy atom. The van der Waals surface area contributed by atoms with E-state index in [9.17, 15) is 26.4 Å². The molecule has 0 saturated heterocycles. The number of halogens is 3. The van der Waals surface area contributed by atoms with Gasteiger partial charge in [0.05, 0.1) is 24.5 Å². The van der Waals surface area contributed by atoms with Crippen LogP contribution in [0, 0.1) is 5.82 Å². The number of nitrogens with zero attached hydrogens (tertiary/aromatic N) is 2. The second-order valence-electron chi connectivity index (χ2n) is 6.04. The number of amides is 1. The highest BCUT2D eigenvalue weighted by Crippen LogP contribution is 2.24. The number of hydrogen-bond donors (Lipinski definition) is 2. The third-order valence-corrected chi connectivity index (χ3v) is 4.83. The van der Waals surface area contributed by atoms with Crippen molar-refractivity contribution in [3.05, 3.63) is 66.2 Å². The minimum absolute atomic E-state index is 0.0184. The Labute approximate surface area is 169 Å². The quantitative estimate of drug-likeness (QED) is 0.585. The van der Waals surface area contributed by atoms with Crippen molar-refractivity contribution in [2.75, 3.05) is 5.32 Å². The highest BCUT2D eigenvalue weighted by atomic mass is 32.2. The highest BCUT2D eigenvalue weighted by molar-refractivity contribution is 7.89. The molecule has 0 atom stereocenters. The van der Waals surface area contributed by atoms with Crippen LogP contribution >= 0.6 is 0 Å². The fourth-order valence-electron chi connectivity index (χ4n) is 2.68. The van der Waals surface area contributed by atoms with E-state index in [0.717, 1.165) is 23.1 Å². The number of nitrogens with one attached hydrogen (secondary N) is 1. The number of aromatic nitrogens is 2. The number of carbonyl (C=O) groups is 1. The molecule has 158 valence electrons. The van der Waals surface area contributed by atoms with E-state index >= 15 is 0 Å². The van der Waals surface area contributed by atoms with Gasteiger partial charge in [0, 0.05) is 11.3 Å². The lowest BCUT2D eigenvalue weighted by atomic mass is 10.1. The average Bonchev–Trinajstić information content (AvgIpc) is 3.08. The monoisotopic (exact) mass is 440 g/mol. The largest absolute Gasteiger partial charge is 0.435 e.